The van der Waals surface area contributed by atoms with E-state index in [-0.39, 0.29) is 17.0 Å². The summed E-state index contributed by atoms with van der Waals surface area (Å²) >= 11 is 0. The van der Waals surface area contributed by atoms with Gasteiger partial charge in [0.15, 0.2) is 5.84 Å². The Morgan fingerprint density at radius 1 is 1.44 bits per heavy atom. The molecular formula is C11H11N3O2. The smallest absolute Gasteiger partial charge is 0.261 e. The van der Waals surface area contributed by atoms with E-state index in [4.69, 9.17) is 10.9 Å². The fourth-order valence-electron chi connectivity index (χ4n) is 1.66. The molecule has 0 radical (unpaired) electrons. The Labute approximate surface area is 91.4 Å². The maximum Gasteiger partial charge on any atom is 0.261 e. The van der Waals surface area contributed by atoms with Crippen LogP contribution in [-0.2, 0) is 7.05 Å². The van der Waals surface area contributed by atoms with Crippen LogP contribution in [0.3, 0.4) is 0 Å². The van der Waals surface area contributed by atoms with Crippen molar-refractivity contribution in [3.8, 4) is 0 Å². The second-order valence-electron chi connectivity index (χ2n) is 3.47. The minimum Gasteiger partial charge on any atom is -0.409 e. The van der Waals surface area contributed by atoms with E-state index in [1.165, 1.54) is 4.57 Å². The summed E-state index contributed by atoms with van der Waals surface area (Å²) < 4.78 is 1.47. The van der Waals surface area contributed by atoms with E-state index in [1.54, 1.807) is 13.1 Å². The highest BCUT2D eigenvalue weighted by molar-refractivity contribution is 5.99. The number of aromatic nitrogens is 1. The van der Waals surface area contributed by atoms with Crippen molar-refractivity contribution in [2.24, 2.45) is 17.9 Å². The van der Waals surface area contributed by atoms with Crippen LogP contribution in [0.4, 0.5) is 0 Å². The fourth-order valence-corrected chi connectivity index (χ4v) is 1.66. The minimum atomic E-state index is -0.283. The molecule has 3 N–H and O–H groups in total. The number of nitrogens with zero attached hydrogens (tertiary/aromatic N) is 2. The Kier molecular flexibility index (Phi) is 2.36. The molecule has 0 saturated carbocycles. The third-order valence-corrected chi connectivity index (χ3v) is 2.52. The molecule has 2 aromatic rings. The molecule has 0 aliphatic rings. The number of fused-ring (bicyclic) bond motifs is 1. The fraction of sp³-hybridized carbons (Fsp3) is 0.0909. The summed E-state index contributed by atoms with van der Waals surface area (Å²) in [6, 6.07) is 9.04. The summed E-state index contributed by atoms with van der Waals surface area (Å²) in [6.45, 7) is 0. The molecule has 1 aromatic carbocycles. The molecule has 16 heavy (non-hydrogen) atoms. The predicted molar refractivity (Wildman–Crippen MR) is 61.7 cm³/mol. The zero-order valence-corrected chi connectivity index (χ0v) is 8.71. The summed E-state index contributed by atoms with van der Waals surface area (Å²) in [4.78, 5) is 11.9. The molecule has 5 heteroatoms. The number of hydrogen-bond acceptors (Lipinski definition) is 3. The second kappa shape index (κ2) is 3.69. The molecule has 0 aliphatic carbocycles. The molecule has 0 bridgehead atoms. The van der Waals surface area contributed by atoms with Crippen LogP contribution < -0.4 is 11.3 Å². The second-order valence-corrected chi connectivity index (χ2v) is 3.47. The van der Waals surface area contributed by atoms with Crippen molar-refractivity contribution < 1.29 is 5.21 Å². The maximum atomic E-state index is 11.9. The van der Waals surface area contributed by atoms with Crippen LogP contribution in [0.25, 0.3) is 10.9 Å². The molecule has 0 fully saturated rings. The first kappa shape index (κ1) is 10.2. The number of hydrogen-bond donors (Lipinski definition) is 2. The molecule has 0 atom stereocenters. The van der Waals surface area contributed by atoms with Crippen molar-refractivity contribution in [1.82, 2.24) is 4.57 Å². The van der Waals surface area contributed by atoms with Gasteiger partial charge in [0.1, 0.15) is 0 Å². The zero-order valence-electron chi connectivity index (χ0n) is 8.71. The van der Waals surface area contributed by atoms with Crippen molar-refractivity contribution in [2.75, 3.05) is 0 Å². The maximum absolute atomic E-state index is 11.9. The molecule has 0 aliphatic heterocycles. The van der Waals surface area contributed by atoms with E-state index in [1.807, 2.05) is 24.3 Å². The van der Waals surface area contributed by atoms with Crippen LogP contribution in [-0.4, -0.2) is 15.6 Å². The predicted octanol–water partition coefficient (Wildman–Crippen LogP) is 0.633. The largest absolute Gasteiger partial charge is 0.409 e. The van der Waals surface area contributed by atoms with Crippen LogP contribution in [0.15, 0.2) is 40.3 Å². The highest BCUT2D eigenvalue weighted by Gasteiger charge is 2.09. The lowest BCUT2D eigenvalue weighted by atomic mass is 10.1. The molecule has 1 heterocycles. The Balaban J connectivity index is 2.90. The molecule has 0 saturated heterocycles. The average molecular weight is 217 g/mol. The molecule has 0 spiro atoms. The van der Waals surface area contributed by atoms with Crippen LogP contribution in [0, 0.1) is 0 Å². The Hall–Kier alpha value is -2.30. The van der Waals surface area contributed by atoms with Gasteiger partial charge in [0.25, 0.3) is 5.56 Å². The SMILES string of the molecule is Cn1c(=O)c(/C(N)=N\O)cc2ccccc21. The van der Waals surface area contributed by atoms with E-state index in [0.717, 1.165) is 10.9 Å². The minimum absolute atomic E-state index is 0.175. The van der Waals surface area contributed by atoms with E-state index < -0.39 is 0 Å². The van der Waals surface area contributed by atoms with Gasteiger partial charge in [0.2, 0.25) is 0 Å². The average Bonchev–Trinajstić information content (AvgIpc) is 2.33. The first-order valence-corrected chi connectivity index (χ1v) is 4.72. The van der Waals surface area contributed by atoms with Crippen molar-refractivity contribution in [3.63, 3.8) is 0 Å². The molecule has 1 aromatic heterocycles. The lowest BCUT2D eigenvalue weighted by Gasteiger charge is -2.07. The number of nitrogens with two attached hydrogens (primary N) is 1. The number of benzene rings is 1. The third-order valence-electron chi connectivity index (χ3n) is 2.52. The monoisotopic (exact) mass is 217 g/mol. The van der Waals surface area contributed by atoms with E-state index >= 15 is 0 Å². The molecule has 2 rings (SSSR count). The summed E-state index contributed by atoms with van der Waals surface area (Å²) in [7, 11) is 1.65. The van der Waals surface area contributed by atoms with Crippen LogP contribution in [0.1, 0.15) is 5.56 Å². The summed E-state index contributed by atoms with van der Waals surface area (Å²) in [6.07, 6.45) is 0. The Morgan fingerprint density at radius 3 is 2.81 bits per heavy atom. The van der Waals surface area contributed by atoms with Crippen LogP contribution >= 0.6 is 0 Å². The van der Waals surface area contributed by atoms with E-state index in [0.29, 0.717) is 0 Å². The van der Waals surface area contributed by atoms with Crippen LogP contribution in [0.2, 0.25) is 0 Å². The summed E-state index contributed by atoms with van der Waals surface area (Å²) in [5.41, 5.74) is 6.16. The number of rotatable bonds is 1. The van der Waals surface area contributed by atoms with Gasteiger partial charge in [0.05, 0.1) is 11.1 Å². The van der Waals surface area contributed by atoms with Gasteiger partial charge < -0.3 is 15.5 Å². The quantitative estimate of drug-likeness (QED) is 0.318. The van der Waals surface area contributed by atoms with Gasteiger partial charge >= 0.3 is 0 Å². The van der Waals surface area contributed by atoms with Gasteiger partial charge in [0, 0.05) is 7.05 Å². The van der Waals surface area contributed by atoms with Gasteiger partial charge in [-0.25, -0.2) is 0 Å². The van der Waals surface area contributed by atoms with E-state index in [2.05, 4.69) is 5.16 Å². The highest BCUT2D eigenvalue weighted by atomic mass is 16.4. The highest BCUT2D eigenvalue weighted by Crippen LogP contribution is 2.11. The number of oxime groups is 1. The summed E-state index contributed by atoms with van der Waals surface area (Å²) in [5.74, 6) is -0.175. The Bertz CT molecular complexity index is 629. The van der Waals surface area contributed by atoms with E-state index in [9.17, 15) is 4.79 Å². The lowest BCUT2D eigenvalue weighted by Crippen LogP contribution is -2.28. The first-order valence-electron chi connectivity index (χ1n) is 4.72. The number of amidine groups is 1. The number of pyridine rings is 1. The first-order chi connectivity index (χ1) is 7.65. The van der Waals surface area contributed by atoms with Gasteiger partial charge in [-0.15, -0.1) is 0 Å². The van der Waals surface area contributed by atoms with Crippen molar-refractivity contribution in [2.45, 2.75) is 0 Å². The van der Waals surface area contributed by atoms with Crippen molar-refractivity contribution in [3.05, 3.63) is 46.2 Å². The standard InChI is InChI=1S/C11H11N3O2/c1-14-9-5-3-2-4-7(9)6-8(11(14)15)10(12)13-16/h2-6,16H,1H3,(H2,12,13). The van der Waals surface area contributed by atoms with Gasteiger partial charge in [-0.3, -0.25) is 4.79 Å². The zero-order chi connectivity index (χ0) is 11.7. The summed E-state index contributed by atoms with van der Waals surface area (Å²) in [5, 5.41) is 12.3. The van der Waals surface area contributed by atoms with Crippen LogP contribution in [0.5, 0.6) is 0 Å². The number of aryl methyl sites for hydroxylation is 1. The van der Waals surface area contributed by atoms with Gasteiger partial charge in [-0.2, -0.15) is 0 Å². The molecule has 82 valence electrons. The molecular weight excluding hydrogens is 206 g/mol. The van der Waals surface area contributed by atoms with Crippen molar-refractivity contribution in [1.29, 1.82) is 0 Å². The topological polar surface area (TPSA) is 80.6 Å². The molecule has 5 nitrogen and oxygen atoms in total. The van der Waals surface area contributed by atoms with Gasteiger partial charge in [-0.1, -0.05) is 23.4 Å². The molecule has 0 unspecified atom stereocenters. The normalized spacial score (nSPS) is 11.9. The third kappa shape index (κ3) is 1.42. The Morgan fingerprint density at radius 2 is 2.12 bits per heavy atom. The molecule has 0 amide bonds. The van der Waals surface area contributed by atoms with Gasteiger partial charge in [-0.05, 0) is 17.5 Å². The number of para-hydroxylation sites is 1. The van der Waals surface area contributed by atoms with Crippen molar-refractivity contribution >= 4 is 16.7 Å². The lowest BCUT2D eigenvalue weighted by molar-refractivity contribution is 0.318.